The topological polar surface area (TPSA) is 70.8 Å². The number of nitrogens with one attached hydrogen (secondary N) is 1. The predicted octanol–water partition coefficient (Wildman–Crippen LogP) is 0.724. The first-order valence-corrected chi connectivity index (χ1v) is 7.93. The molecule has 1 aliphatic rings. The molecule has 1 rings (SSSR count). The maximum atomic E-state index is 12.0. The fourth-order valence-electron chi connectivity index (χ4n) is 2.40. The summed E-state index contributed by atoms with van der Waals surface area (Å²) in [7, 11) is 0. The molecule has 0 saturated carbocycles. The number of hydrogen-bond donors (Lipinski definition) is 2. The molecule has 1 saturated heterocycles. The van der Waals surface area contributed by atoms with Crippen LogP contribution in [0.1, 0.15) is 27.7 Å². The lowest BCUT2D eigenvalue weighted by Crippen LogP contribution is -2.51. The summed E-state index contributed by atoms with van der Waals surface area (Å²) in [6.07, 6.45) is -0.195. The van der Waals surface area contributed by atoms with E-state index in [1.807, 2.05) is 20.8 Å². The van der Waals surface area contributed by atoms with Crippen LogP contribution in [0.3, 0.4) is 0 Å². The summed E-state index contributed by atoms with van der Waals surface area (Å²) in [6.45, 7) is 14.9. The number of ether oxygens (including phenoxy) is 1. The van der Waals surface area contributed by atoms with Crippen molar-refractivity contribution in [3.05, 3.63) is 0 Å². The predicted molar refractivity (Wildman–Crippen MR) is 85.3 cm³/mol. The molecule has 0 aromatic heterocycles. The lowest BCUT2D eigenvalue weighted by atomic mass is 10.1. The smallest absolute Gasteiger partial charge is 0.410 e. The van der Waals surface area contributed by atoms with E-state index in [0.717, 1.165) is 45.8 Å². The van der Waals surface area contributed by atoms with E-state index >= 15 is 0 Å². The van der Waals surface area contributed by atoms with Crippen LogP contribution in [0.5, 0.6) is 0 Å². The van der Waals surface area contributed by atoms with E-state index in [9.17, 15) is 4.79 Å². The highest BCUT2D eigenvalue weighted by Gasteiger charge is 2.26. The van der Waals surface area contributed by atoms with Crippen molar-refractivity contribution in [1.82, 2.24) is 15.1 Å². The van der Waals surface area contributed by atoms with Gasteiger partial charge in [0, 0.05) is 45.8 Å². The largest absolute Gasteiger partial charge is 0.444 e. The zero-order valence-corrected chi connectivity index (χ0v) is 14.0. The average molecular weight is 300 g/mol. The number of carbonyl (C=O) groups is 1. The van der Waals surface area contributed by atoms with Crippen LogP contribution in [0.4, 0.5) is 4.79 Å². The standard InChI is InChI=1S/C15H32N4O2/c1-13(11-17-6-5-16)12-18-7-9-19(10-8-18)14(20)21-15(2,3)4/h13,17H,5-12,16H2,1-4H3. The van der Waals surface area contributed by atoms with Crippen LogP contribution in [0, 0.1) is 5.92 Å². The Morgan fingerprint density at radius 1 is 1.29 bits per heavy atom. The summed E-state index contributed by atoms with van der Waals surface area (Å²) in [6, 6.07) is 0. The Morgan fingerprint density at radius 2 is 1.90 bits per heavy atom. The van der Waals surface area contributed by atoms with Gasteiger partial charge in [0.1, 0.15) is 5.60 Å². The first kappa shape index (κ1) is 18.2. The number of nitrogens with zero attached hydrogens (tertiary/aromatic N) is 2. The first-order valence-electron chi connectivity index (χ1n) is 7.93. The molecule has 0 aromatic rings. The van der Waals surface area contributed by atoms with Crippen LogP contribution in [0.15, 0.2) is 0 Å². The van der Waals surface area contributed by atoms with Gasteiger partial charge in [0.25, 0.3) is 0 Å². The highest BCUT2D eigenvalue weighted by atomic mass is 16.6. The maximum Gasteiger partial charge on any atom is 0.410 e. The fraction of sp³-hybridized carbons (Fsp3) is 0.933. The summed E-state index contributed by atoms with van der Waals surface area (Å²) in [5, 5.41) is 3.34. The third kappa shape index (κ3) is 7.64. The summed E-state index contributed by atoms with van der Waals surface area (Å²) in [4.78, 5) is 16.2. The molecule has 0 aromatic carbocycles. The van der Waals surface area contributed by atoms with Gasteiger partial charge in [-0.1, -0.05) is 6.92 Å². The molecule has 1 amide bonds. The Hall–Kier alpha value is -0.850. The lowest BCUT2D eigenvalue weighted by molar-refractivity contribution is 0.0135. The van der Waals surface area contributed by atoms with Crippen molar-refractivity contribution in [2.24, 2.45) is 11.7 Å². The van der Waals surface area contributed by atoms with Crippen molar-refractivity contribution in [1.29, 1.82) is 0 Å². The van der Waals surface area contributed by atoms with Crippen molar-refractivity contribution in [2.75, 3.05) is 52.4 Å². The van der Waals surface area contributed by atoms with Gasteiger partial charge in [-0.05, 0) is 33.2 Å². The van der Waals surface area contributed by atoms with Gasteiger partial charge in [0.2, 0.25) is 0 Å². The number of amides is 1. The lowest BCUT2D eigenvalue weighted by Gasteiger charge is -2.36. The second-order valence-electron chi connectivity index (χ2n) is 6.87. The Kier molecular flexibility index (Phi) is 7.42. The van der Waals surface area contributed by atoms with E-state index in [1.54, 1.807) is 4.90 Å². The van der Waals surface area contributed by atoms with Gasteiger partial charge in [-0.2, -0.15) is 0 Å². The van der Waals surface area contributed by atoms with Crippen molar-refractivity contribution in [3.8, 4) is 0 Å². The van der Waals surface area contributed by atoms with Gasteiger partial charge in [0.05, 0.1) is 0 Å². The summed E-state index contributed by atoms with van der Waals surface area (Å²) in [5.74, 6) is 0.588. The molecule has 0 bridgehead atoms. The molecule has 1 aliphatic heterocycles. The average Bonchev–Trinajstić information content (AvgIpc) is 2.38. The Balaban J connectivity index is 2.24. The minimum atomic E-state index is -0.419. The monoisotopic (exact) mass is 300 g/mol. The highest BCUT2D eigenvalue weighted by Crippen LogP contribution is 2.12. The third-order valence-electron chi connectivity index (χ3n) is 3.41. The number of hydrogen-bond acceptors (Lipinski definition) is 5. The minimum absolute atomic E-state index is 0.195. The Labute approximate surface area is 129 Å². The molecule has 1 fully saturated rings. The van der Waals surface area contributed by atoms with Crippen molar-refractivity contribution < 1.29 is 9.53 Å². The second-order valence-corrected chi connectivity index (χ2v) is 6.87. The molecular weight excluding hydrogens is 268 g/mol. The SMILES string of the molecule is CC(CNCCN)CN1CCN(C(=O)OC(C)(C)C)CC1. The highest BCUT2D eigenvalue weighted by molar-refractivity contribution is 5.68. The van der Waals surface area contributed by atoms with Crippen molar-refractivity contribution in [2.45, 2.75) is 33.3 Å². The summed E-state index contributed by atoms with van der Waals surface area (Å²) in [5.41, 5.74) is 5.04. The Morgan fingerprint density at radius 3 is 2.43 bits per heavy atom. The second kappa shape index (κ2) is 8.56. The Bertz CT molecular complexity index is 309. The van der Waals surface area contributed by atoms with Crippen LogP contribution < -0.4 is 11.1 Å². The van der Waals surface area contributed by atoms with Crippen LogP contribution in [0.25, 0.3) is 0 Å². The fourth-order valence-corrected chi connectivity index (χ4v) is 2.40. The van der Waals surface area contributed by atoms with Gasteiger partial charge >= 0.3 is 6.09 Å². The van der Waals surface area contributed by atoms with Crippen LogP contribution >= 0.6 is 0 Å². The number of nitrogens with two attached hydrogens (primary N) is 1. The molecule has 6 heteroatoms. The molecule has 1 atom stereocenters. The maximum absolute atomic E-state index is 12.0. The molecule has 0 aliphatic carbocycles. The zero-order valence-electron chi connectivity index (χ0n) is 14.0. The first-order chi connectivity index (χ1) is 9.81. The van der Waals surface area contributed by atoms with Gasteiger partial charge in [0.15, 0.2) is 0 Å². The van der Waals surface area contributed by atoms with E-state index in [1.165, 1.54) is 0 Å². The third-order valence-corrected chi connectivity index (χ3v) is 3.41. The van der Waals surface area contributed by atoms with Crippen LogP contribution in [0.2, 0.25) is 0 Å². The number of carbonyl (C=O) groups excluding carboxylic acids is 1. The molecule has 6 nitrogen and oxygen atoms in total. The van der Waals surface area contributed by atoms with E-state index in [0.29, 0.717) is 12.5 Å². The van der Waals surface area contributed by atoms with E-state index in [-0.39, 0.29) is 6.09 Å². The van der Waals surface area contributed by atoms with E-state index in [2.05, 4.69) is 17.1 Å². The molecule has 0 radical (unpaired) electrons. The molecule has 1 heterocycles. The van der Waals surface area contributed by atoms with Gasteiger partial charge < -0.3 is 20.7 Å². The van der Waals surface area contributed by atoms with E-state index in [4.69, 9.17) is 10.5 Å². The minimum Gasteiger partial charge on any atom is -0.444 e. The molecule has 124 valence electrons. The number of rotatable bonds is 6. The zero-order chi connectivity index (χ0) is 15.9. The van der Waals surface area contributed by atoms with Gasteiger partial charge in [-0.15, -0.1) is 0 Å². The van der Waals surface area contributed by atoms with Gasteiger partial charge in [-0.3, -0.25) is 4.90 Å². The van der Waals surface area contributed by atoms with Gasteiger partial charge in [-0.25, -0.2) is 4.79 Å². The van der Waals surface area contributed by atoms with E-state index < -0.39 is 5.60 Å². The van der Waals surface area contributed by atoms with Crippen LogP contribution in [-0.4, -0.2) is 73.9 Å². The quantitative estimate of drug-likeness (QED) is 0.708. The summed E-state index contributed by atoms with van der Waals surface area (Å²) < 4.78 is 5.41. The normalized spacial score (nSPS) is 18.6. The van der Waals surface area contributed by atoms with Crippen molar-refractivity contribution >= 4 is 6.09 Å². The molecule has 1 unspecified atom stereocenters. The number of piperazine rings is 1. The summed E-state index contributed by atoms with van der Waals surface area (Å²) >= 11 is 0. The molecule has 21 heavy (non-hydrogen) atoms. The van der Waals surface area contributed by atoms with Crippen LogP contribution in [-0.2, 0) is 4.74 Å². The molecule has 0 spiro atoms. The molecule has 3 N–H and O–H groups in total. The molecular formula is C15H32N4O2. The van der Waals surface area contributed by atoms with Crippen molar-refractivity contribution in [3.63, 3.8) is 0 Å².